The molecule has 0 bridgehead atoms. The maximum atomic E-state index is 11.9. The van der Waals surface area contributed by atoms with E-state index in [9.17, 15) is 9.90 Å². The summed E-state index contributed by atoms with van der Waals surface area (Å²) in [6, 6.07) is 3.84. The van der Waals surface area contributed by atoms with Gasteiger partial charge >= 0.3 is 6.03 Å². The molecule has 1 aromatic rings. The van der Waals surface area contributed by atoms with Crippen LogP contribution in [0.2, 0.25) is 0 Å². The van der Waals surface area contributed by atoms with Crippen LogP contribution in [-0.4, -0.2) is 46.8 Å². The van der Waals surface area contributed by atoms with Crippen LogP contribution >= 0.6 is 0 Å². The maximum Gasteiger partial charge on any atom is 0.317 e. The summed E-state index contributed by atoms with van der Waals surface area (Å²) in [5.41, 5.74) is 2.16. The number of rotatable bonds is 3. The Kier molecular flexibility index (Phi) is 4.74. The van der Waals surface area contributed by atoms with E-state index < -0.39 is 0 Å². The molecule has 0 radical (unpaired) electrons. The molecule has 5 heteroatoms. The minimum absolute atomic E-state index is 0.0904. The summed E-state index contributed by atoms with van der Waals surface area (Å²) < 4.78 is 0. The normalized spacial score (nSPS) is 19.3. The summed E-state index contributed by atoms with van der Waals surface area (Å²) in [7, 11) is 0. The van der Waals surface area contributed by atoms with Gasteiger partial charge in [0.25, 0.3) is 0 Å². The fourth-order valence-electron chi connectivity index (χ4n) is 2.32. The van der Waals surface area contributed by atoms with Crippen LogP contribution in [0.1, 0.15) is 24.1 Å². The van der Waals surface area contributed by atoms with E-state index in [1.165, 1.54) is 0 Å². The molecule has 104 valence electrons. The zero-order valence-corrected chi connectivity index (χ0v) is 11.3. The number of amides is 2. The summed E-state index contributed by atoms with van der Waals surface area (Å²) in [6.07, 6.45) is 3.78. The Morgan fingerprint density at radius 2 is 2.47 bits per heavy atom. The van der Waals surface area contributed by atoms with Crippen molar-refractivity contribution in [2.45, 2.75) is 32.3 Å². The molecule has 1 atom stereocenters. The average molecular weight is 263 g/mol. The summed E-state index contributed by atoms with van der Waals surface area (Å²) in [5.74, 6) is 0. The quantitative estimate of drug-likeness (QED) is 0.858. The number of pyridine rings is 1. The van der Waals surface area contributed by atoms with Crippen LogP contribution in [0.3, 0.4) is 0 Å². The molecule has 19 heavy (non-hydrogen) atoms. The van der Waals surface area contributed by atoms with Gasteiger partial charge in [0.15, 0.2) is 0 Å². The number of urea groups is 1. The SMILES string of the molecule is Cc1cccnc1CCNC(=O)N1CCC[C@@H](O)C1. The third kappa shape index (κ3) is 3.92. The zero-order chi connectivity index (χ0) is 13.7. The first-order valence-electron chi connectivity index (χ1n) is 6.78. The molecule has 0 spiro atoms. The number of aryl methyl sites for hydroxylation is 1. The van der Waals surface area contributed by atoms with Crippen LogP contribution in [0, 0.1) is 6.92 Å². The Morgan fingerprint density at radius 1 is 1.63 bits per heavy atom. The molecule has 2 N–H and O–H groups in total. The Labute approximate surface area is 113 Å². The minimum Gasteiger partial charge on any atom is -0.391 e. The smallest absolute Gasteiger partial charge is 0.317 e. The van der Waals surface area contributed by atoms with E-state index in [-0.39, 0.29) is 12.1 Å². The van der Waals surface area contributed by atoms with Gasteiger partial charge in [-0.2, -0.15) is 0 Å². The second kappa shape index (κ2) is 6.52. The van der Waals surface area contributed by atoms with E-state index in [4.69, 9.17) is 0 Å². The molecule has 2 rings (SSSR count). The summed E-state index contributed by atoms with van der Waals surface area (Å²) in [5, 5.41) is 12.4. The van der Waals surface area contributed by atoms with Gasteiger partial charge in [-0.15, -0.1) is 0 Å². The summed E-state index contributed by atoms with van der Waals surface area (Å²) in [4.78, 5) is 17.9. The van der Waals surface area contributed by atoms with Gasteiger partial charge in [0, 0.05) is 37.9 Å². The highest BCUT2D eigenvalue weighted by Gasteiger charge is 2.21. The van der Waals surface area contributed by atoms with Crippen molar-refractivity contribution >= 4 is 6.03 Å². The number of nitrogens with zero attached hydrogens (tertiary/aromatic N) is 2. The van der Waals surface area contributed by atoms with Crippen LogP contribution in [-0.2, 0) is 6.42 Å². The summed E-state index contributed by atoms with van der Waals surface area (Å²) >= 11 is 0. The number of β-amino-alcohol motifs (C(OH)–C–C–N with tert-alkyl or cyclic N) is 1. The third-order valence-corrected chi connectivity index (χ3v) is 3.44. The van der Waals surface area contributed by atoms with Gasteiger partial charge in [-0.25, -0.2) is 4.79 Å². The number of likely N-dealkylation sites (tertiary alicyclic amines) is 1. The van der Waals surface area contributed by atoms with Crippen LogP contribution in [0.4, 0.5) is 4.79 Å². The molecular weight excluding hydrogens is 242 g/mol. The number of aliphatic hydroxyl groups is 1. The van der Waals surface area contributed by atoms with Crippen molar-refractivity contribution in [3.05, 3.63) is 29.6 Å². The van der Waals surface area contributed by atoms with Crippen molar-refractivity contribution in [1.82, 2.24) is 15.2 Å². The monoisotopic (exact) mass is 263 g/mol. The Balaban J connectivity index is 1.76. The molecule has 1 saturated heterocycles. The van der Waals surface area contributed by atoms with Crippen molar-refractivity contribution < 1.29 is 9.90 Å². The lowest BCUT2D eigenvalue weighted by molar-refractivity contribution is 0.0843. The maximum absolute atomic E-state index is 11.9. The molecule has 0 aliphatic carbocycles. The second-order valence-corrected chi connectivity index (χ2v) is 4.99. The van der Waals surface area contributed by atoms with E-state index in [2.05, 4.69) is 10.3 Å². The van der Waals surface area contributed by atoms with Crippen molar-refractivity contribution in [3.63, 3.8) is 0 Å². The van der Waals surface area contributed by atoms with E-state index in [0.717, 1.165) is 37.1 Å². The zero-order valence-electron chi connectivity index (χ0n) is 11.3. The first-order chi connectivity index (χ1) is 9.16. The number of hydrogen-bond donors (Lipinski definition) is 2. The van der Waals surface area contributed by atoms with Crippen LogP contribution in [0.15, 0.2) is 18.3 Å². The van der Waals surface area contributed by atoms with Gasteiger partial charge in [0.2, 0.25) is 0 Å². The molecule has 0 saturated carbocycles. The topological polar surface area (TPSA) is 65.5 Å². The number of piperidine rings is 1. The van der Waals surface area contributed by atoms with Crippen LogP contribution in [0.5, 0.6) is 0 Å². The van der Waals surface area contributed by atoms with E-state index >= 15 is 0 Å². The molecule has 1 aromatic heterocycles. The molecule has 1 fully saturated rings. The molecule has 0 aromatic carbocycles. The van der Waals surface area contributed by atoms with Gasteiger partial charge in [-0.1, -0.05) is 6.07 Å². The Morgan fingerprint density at radius 3 is 3.21 bits per heavy atom. The first kappa shape index (κ1) is 13.8. The van der Waals surface area contributed by atoms with E-state index in [0.29, 0.717) is 13.1 Å². The van der Waals surface area contributed by atoms with Crippen molar-refractivity contribution in [3.8, 4) is 0 Å². The highest BCUT2D eigenvalue weighted by Crippen LogP contribution is 2.09. The molecule has 0 unspecified atom stereocenters. The van der Waals surface area contributed by atoms with Gasteiger partial charge in [-0.05, 0) is 31.4 Å². The van der Waals surface area contributed by atoms with Gasteiger partial charge < -0.3 is 15.3 Å². The third-order valence-electron chi connectivity index (χ3n) is 3.44. The van der Waals surface area contributed by atoms with Crippen molar-refractivity contribution in [1.29, 1.82) is 0 Å². The van der Waals surface area contributed by atoms with Gasteiger partial charge in [0.05, 0.1) is 6.10 Å². The lowest BCUT2D eigenvalue weighted by atomic mass is 10.1. The van der Waals surface area contributed by atoms with Crippen molar-refractivity contribution in [2.24, 2.45) is 0 Å². The molecule has 5 nitrogen and oxygen atoms in total. The lowest BCUT2D eigenvalue weighted by Gasteiger charge is -2.30. The Bertz CT molecular complexity index is 436. The molecule has 2 heterocycles. The Hall–Kier alpha value is -1.62. The standard InChI is InChI=1S/C14H21N3O2/c1-11-4-2-7-15-13(11)6-8-16-14(19)17-9-3-5-12(18)10-17/h2,4,7,12,18H,3,5-6,8-10H2,1H3,(H,16,19)/t12-/m1/s1. The van der Waals surface area contributed by atoms with E-state index in [1.807, 2.05) is 19.1 Å². The second-order valence-electron chi connectivity index (χ2n) is 4.99. The molecule has 2 amide bonds. The summed E-state index contributed by atoms with van der Waals surface area (Å²) in [6.45, 7) is 3.76. The van der Waals surface area contributed by atoms with Crippen LogP contribution in [0.25, 0.3) is 0 Å². The molecular formula is C14H21N3O2. The number of aliphatic hydroxyl groups excluding tert-OH is 1. The number of carbonyl (C=O) groups excluding carboxylic acids is 1. The number of nitrogens with one attached hydrogen (secondary N) is 1. The van der Waals surface area contributed by atoms with Crippen LogP contribution < -0.4 is 5.32 Å². The predicted molar refractivity (Wildman–Crippen MR) is 72.9 cm³/mol. The number of carbonyl (C=O) groups is 1. The highest BCUT2D eigenvalue weighted by atomic mass is 16.3. The van der Waals surface area contributed by atoms with Crippen molar-refractivity contribution in [2.75, 3.05) is 19.6 Å². The number of hydrogen-bond acceptors (Lipinski definition) is 3. The molecule has 1 aliphatic rings. The van der Waals surface area contributed by atoms with Gasteiger partial charge in [-0.3, -0.25) is 4.98 Å². The minimum atomic E-state index is -0.377. The highest BCUT2D eigenvalue weighted by molar-refractivity contribution is 5.74. The molecule has 1 aliphatic heterocycles. The first-order valence-corrected chi connectivity index (χ1v) is 6.78. The lowest BCUT2D eigenvalue weighted by Crippen LogP contribution is -2.47. The fraction of sp³-hybridized carbons (Fsp3) is 0.571. The van der Waals surface area contributed by atoms with E-state index in [1.54, 1.807) is 11.1 Å². The predicted octanol–water partition coefficient (Wildman–Crippen LogP) is 1.10. The van der Waals surface area contributed by atoms with Gasteiger partial charge in [0.1, 0.15) is 0 Å². The number of aromatic nitrogens is 1. The average Bonchev–Trinajstić information content (AvgIpc) is 2.41. The fourth-order valence-corrected chi connectivity index (χ4v) is 2.32. The largest absolute Gasteiger partial charge is 0.391 e.